The van der Waals surface area contributed by atoms with E-state index in [0.29, 0.717) is 35.5 Å². The number of carbonyl (C=O) groups is 2. The lowest BCUT2D eigenvalue weighted by Gasteiger charge is -2.27. The molecule has 0 radical (unpaired) electrons. The molecule has 1 fully saturated rings. The second-order valence-corrected chi connectivity index (χ2v) is 9.61. The molecule has 1 saturated heterocycles. The fourth-order valence-electron chi connectivity index (χ4n) is 4.33. The Labute approximate surface area is 225 Å². The van der Waals surface area contributed by atoms with Gasteiger partial charge in [0.15, 0.2) is 0 Å². The number of amides is 2. The number of carbonyl (C=O) groups excluding carboxylic acids is 2. The molecule has 202 valence electrons. The minimum absolute atomic E-state index is 0.0148. The van der Waals surface area contributed by atoms with Crippen LogP contribution in [0.5, 0.6) is 0 Å². The number of hydrogen-bond acceptors (Lipinski definition) is 5. The van der Waals surface area contributed by atoms with Crippen molar-refractivity contribution in [1.29, 1.82) is 0 Å². The molecule has 1 aliphatic heterocycles. The number of ether oxygens (including phenoxy) is 1. The molecule has 0 bridgehead atoms. The van der Waals surface area contributed by atoms with Crippen molar-refractivity contribution < 1.29 is 27.5 Å². The molecule has 39 heavy (non-hydrogen) atoms. The van der Waals surface area contributed by atoms with Gasteiger partial charge in [0, 0.05) is 48.1 Å². The predicted molar refractivity (Wildman–Crippen MR) is 140 cm³/mol. The van der Waals surface area contributed by atoms with Crippen LogP contribution in [-0.4, -0.2) is 40.5 Å². The van der Waals surface area contributed by atoms with E-state index in [1.165, 1.54) is 18.3 Å². The van der Waals surface area contributed by atoms with Crippen molar-refractivity contribution in [3.05, 3.63) is 88.7 Å². The third kappa shape index (κ3) is 5.84. The zero-order valence-corrected chi connectivity index (χ0v) is 21.1. The lowest BCUT2D eigenvalue weighted by molar-refractivity contribution is -0.137. The standard InChI is InChI=1S/C27H23ClF3N5O3/c28-19-3-6-22(21(12-19)27(29,30)31)35-20-4-1-16(2-5-20)13-34-25(38)26(8-10-39-15-26)36-24(37)18-11-17-7-9-32-23(17)33-14-18/h1-7,9,11-12,14,35H,8,10,13,15H2,(H,32,33)(H,34,38)(H,36,37)/t26-/m0/s1. The van der Waals surface area contributed by atoms with Crippen LogP contribution in [0.4, 0.5) is 24.5 Å². The zero-order chi connectivity index (χ0) is 27.6. The van der Waals surface area contributed by atoms with E-state index >= 15 is 0 Å². The average molecular weight is 558 g/mol. The number of hydrogen-bond donors (Lipinski definition) is 4. The number of benzene rings is 2. The Hall–Kier alpha value is -4.09. The molecule has 1 atom stereocenters. The van der Waals surface area contributed by atoms with Gasteiger partial charge in [0.05, 0.1) is 23.4 Å². The maximum atomic E-state index is 13.4. The van der Waals surface area contributed by atoms with E-state index in [0.717, 1.165) is 11.5 Å². The number of anilines is 2. The monoisotopic (exact) mass is 557 g/mol. The normalized spacial score (nSPS) is 17.2. The minimum atomic E-state index is -4.57. The fourth-order valence-corrected chi connectivity index (χ4v) is 4.50. The van der Waals surface area contributed by atoms with E-state index in [1.807, 2.05) is 0 Å². The SMILES string of the molecule is O=C(N[C@@]1(C(=O)NCc2ccc(Nc3ccc(Cl)cc3C(F)(F)F)cc2)CCOC1)c1cnc2[nH]ccc2c1. The Morgan fingerprint density at radius 2 is 1.90 bits per heavy atom. The first-order valence-electron chi connectivity index (χ1n) is 12.0. The number of nitrogens with zero attached hydrogens (tertiary/aromatic N) is 1. The summed E-state index contributed by atoms with van der Waals surface area (Å²) in [5.74, 6) is -0.843. The average Bonchev–Trinajstić information content (AvgIpc) is 3.58. The molecule has 2 amide bonds. The summed E-state index contributed by atoms with van der Waals surface area (Å²) < 4.78 is 45.6. The van der Waals surface area contributed by atoms with E-state index in [9.17, 15) is 22.8 Å². The molecule has 0 saturated carbocycles. The summed E-state index contributed by atoms with van der Waals surface area (Å²) in [6, 6.07) is 13.6. The van der Waals surface area contributed by atoms with Gasteiger partial charge < -0.3 is 25.7 Å². The third-order valence-electron chi connectivity index (χ3n) is 6.44. The van der Waals surface area contributed by atoms with Crippen LogP contribution in [0.25, 0.3) is 11.0 Å². The Kier molecular flexibility index (Phi) is 7.19. The zero-order valence-electron chi connectivity index (χ0n) is 20.4. The number of aromatic amines is 1. The van der Waals surface area contributed by atoms with Crippen molar-refractivity contribution >= 4 is 45.8 Å². The molecule has 0 aliphatic carbocycles. The van der Waals surface area contributed by atoms with Gasteiger partial charge in [-0.2, -0.15) is 13.2 Å². The molecule has 5 rings (SSSR count). The summed E-state index contributed by atoms with van der Waals surface area (Å²) in [4.78, 5) is 33.3. The Balaban J connectivity index is 1.23. The van der Waals surface area contributed by atoms with Gasteiger partial charge in [0.1, 0.15) is 11.2 Å². The van der Waals surface area contributed by atoms with Crippen molar-refractivity contribution in [3.63, 3.8) is 0 Å². The second kappa shape index (κ2) is 10.6. The highest BCUT2D eigenvalue weighted by Gasteiger charge is 2.43. The van der Waals surface area contributed by atoms with Crippen LogP contribution < -0.4 is 16.0 Å². The highest BCUT2D eigenvalue weighted by Crippen LogP contribution is 2.37. The van der Waals surface area contributed by atoms with Crippen LogP contribution in [0.15, 0.2) is 67.0 Å². The highest BCUT2D eigenvalue weighted by atomic mass is 35.5. The van der Waals surface area contributed by atoms with Crippen LogP contribution in [0.2, 0.25) is 5.02 Å². The third-order valence-corrected chi connectivity index (χ3v) is 6.68. The van der Waals surface area contributed by atoms with E-state index < -0.39 is 29.1 Å². The first kappa shape index (κ1) is 26.5. The maximum Gasteiger partial charge on any atom is 0.418 e. The van der Waals surface area contributed by atoms with Gasteiger partial charge in [-0.3, -0.25) is 9.59 Å². The van der Waals surface area contributed by atoms with Crippen molar-refractivity contribution in [1.82, 2.24) is 20.6 Å². The first-order chi connectivity index (χ1) is 18.6. The van der Waals surface area contributed by atoms with Crippen molar-refractivity contribution in [2.24, 2.45) is 0 Å². The number of pyridine rings is 1. The molecule has 2 aromatic carbocycles. The maximum absolute atomic E-state index is 13.4. The number of rotatable bonds is 7. The number of H-pyrrole nitrogens is 1. The summed E-state index contributed by atoms with van der Waals surface area (Å²) >= 11 is 5.74. The van der Waals surface area contributed by atoms with Crippen LogP contribution in [0.3, 0.4) is 0 Å². The molecule has 2 aromatic heterocycles. The number of nitrogens with one attached hydrogen (secondary N) is 4. The summed E-state index contributed by atoms with van der Waals surface area (Å²) in [6.07, 6.45) is -1.11. The molecular weight excluding hydrogens is 535 g/mol. The van der Waals surface area contributed by atoms with Gasteiger partial charge in [-0.1, -0.05) is 23.7 Å². The molecule has 0 unspecified atom stereocenters. The Morgan fingerprint density at radius 1 is 1.10 bits per heavy atom. The molecule has 12 heteroatoms. The summed E-state index contributed by atoms with van der Waals surface area (Å²) in [7, 11) is 0. The molecule has 8 nitrogen and oxygen atoms in total. The highest BCUT2D eigenvalue weighted by molar-refractivity contribution is 6.30. The van der Waals surface area contributed by atoms with Crippen molar-refractivity contribution in [2.45, 2.75) is 24.7 Å². The van der Waals surface area contributed by atoms with Crippen LogP contribution in [0, 0.1) is 0 Å². The van der Waals surface area contributed by atoms with Gasteiger partial charge in [-0.25, -0.2) is 4.98 Å². The Morgan fingerprint density at radius 3 is 2.62 bits per heavy atom. The van der Waals surface area contributed by atoms with E-state index in [-0.39, 0.29) is 23.9 Å². The smallest absolute Gasteiger partial charge is 0.378 e. The van der Waals surface area contributed by atoms with Crippen molar-refractivity contribution in [2.75, 3.05) is 18.5 Å². The second-order valence-electron chi connectivity index (χ2n) is 9.17. The first-order valence-corrected chi connectivity index (χ1v) is 12.4. The molecule has 4 aromatic rings. The topological polar surface area (TPSA) is 108 Å². The van der Waals surface area contributed by atoms with Gasteiger partial charge >= 0.3 is 6.18 Å². The van der Waals surface area contributed by atoms with Gasteiger partial charge in [0.25, 0.3) is 5.91 Å². The van der Waals surface area contributed by atoms with E-state index in [4.69, 9.17) is 16.3 Å². The number of aromatic nitrogens is 2. The van der Waals surface area contributed by atoms with Gasteiger partial charge in [-0.15, -0.1) is 0 Å². The quantitative estimate of drug-likeness (QED) is 0.250. The van der Waals surface area contributed by atoms with Crippen LogP contribution in [0.1, 0.15) is 27.9 Å². The summed E-state index contributed by atoms with van der Waals surface area (Å²) in [5.41, 5.74) is -0.132. The molecule has 3 heterocycles. The number of alkyl halides is 3. The van der Waals surface area contributed by atoms with E-state index in [1.54, 1.807) is 42.6 Å². The van der Waals surface area contributed by atoms with E-state index in [2.05, 4.69) is 25.9 Å². The number of halogens is 4. The predicted octanol–water partition coefficient (Wildman–Crippen LogP) is 5.18. The van der Waals surface area contributed by atoms with Gasteiger partial charge in [0.2, 0.25) is 5.91 Å². The molecular formula is C27H23ClF3N5O3. The largest absolute Gasteiger partial charge is 0.418 e. The molecule has 0 spiro atoms. The lowest BCUT2D eigenvalue weighted by atomic mass is 9.96. The fraction of sp³-hybridized carbons (Fsp3) is 0.222. The molecule has 4 N–H and O–H groups in total. The van der Waals surface area contributed by atoms with Crippen molar-refractivity contribution in [3.8, 4) is 0 Å². The summed E-state index contributed by atoms with van der Waals surface area (Å²) in [5, 5.41) is 9.17. The van der Waals surface area contributed by atoms with Gasteiger partial charge in [-0.05, 0) is 48.0 Å². The minimum Gasteiger partial charge on any atom is -0.378 e. The lowest BCUT2D eigenvalue weighted by Crippen LogP contribution is -2.59. The summed E-state index contributed by atoms with van der Waals surface area (Å²) in [6.45, 7) is 0.478. The molecule has 1 aliphatic rings. The number of fused-ring (bicyclic) bond motifs is 1. The van der Waals surface area contributed by atoms with Crippen LogP contribution in [-0.2, 0) is 22.3 Å². The Bertz CT molecular complexity index is 1520. The van der Waals surface area contributed by atoms with Crippen LogP contribution >= 0.6 is 11.6 Å².